The zero-order valence-electron chi connectivity index (χ0n) is 17.9. The Bertz CT molecular complexity index is 764. The molecule has 0 radical (unpaired) electrons. The molecule has 2 heterocycles. The molecule has 1 aliphatic heterocycles. The lowest BCUT2D eigenvalue weighted by Gasteiger charge is -2.20. The molecule has 2 unspecified atom stereocenters. The van der Waals surface area contributed by atoms with Crippen LogP contribution < -0.4 is 10.6 Å². The van der Waals surface area contributed by atoms with Gasteiger partial charge < -0.3 is 19.9 Å². The van der Waals surface area contributed by atoms with Gasteiger partial charge in [-0.05, 0) is 30.9 Å². The highest BCUT2D eigenvalue weighted by atomic mass is 16.5. The molecule has 0 spiro atoms. The van der Waals surface area contributed by atoms with Gasteiger partial charge in [-0.1, -0.05) is 38.1 Å². The molecule has 2 atom stereocenters. The molecule has 158 valence electrons. The number of ether oxygens (including phenoxy) is 1. The highest BCUT2D eigenvalue weighted by Crippen LogP contribution is 2.15. The van der Waals surface area contributed by atoms with Crippen molar-refractivity contribution in [2.45, 2.75) is 52.6 Å². The van der Waals surface area contributed by atoms with Crippen molar-refractivity contribution in [1.82, 2.24) is 25.4 Å². The number of guanidine groups is 1. The summed E-state index contributed by atoms with van der Waals surface area (Å²) in [5.41, 5.74) is 2.61. The third-order valence-electron chi connectivity index (χ3n) is 5.43. The molecule has 7 nitrogen and oxygen atoms in total. The van der Waals surface area contributed by atoms with Gasteiger partial charge in [0.2, 0.25) is 0 Å². The average Bonchev–Trinajstić information content (AvgIpc) is 3.43. The molecule has 0 aliphatic carbocycles. The Hall–Kier alpha value is -2.41. The molecule has 3 rings (SSSR count). The number of rotatable bonds is 9. The van der Waals surface area contributed by atoms with Crippen molar-refractivity contribution >= 4 is 5.96 Å². The van der Waals surface area contributed by atoms with Crippen LogP contribution in [-0.4, -0.2) is 47.0 Å². The fraction of sp³-hybridized carbons (Fsp3) is 0.591. The first-order valence-corrected chi connectivity index (χ1v) is 10.8. The fourth-order valence-corrected chi connectivity index (χ4v) is 3.46. The number of hydrogen-bond donors (Lipinski definition) is 2. The van der Waals surface area contributed by atoms with Crippen LogP contribution in [0.3, 0.4) is 0 Å². The van der Waals surface area contributed by atoms with Crippen molar-refractivity contribution in [1.29, 1.82) is 0 Å². The van der Waals surface area contributed by atoms with Gasteiger partial charge in [0.1, 0.15) is 12.2 Å². The van der Waals surface area contributed by atoms with Crippen molar-refractivity contribution in [2.24, 2.45) is 10.9 Å². The van der Waals surface area contributed by atoms with Gasteiger partial charge in [-0.2, -0.15) is 0 Å². The first-order chi connectivity index (χ1) is 14.2. The smallest absolute Gasteiger partial charge is 0.191 e. The van der Waals surface area contributed by atoms with Crippen LogP contribution >= 0.6 is 0 Å². The largest absolute Gasteiger partial charge is 0.381 e. The number of benzene rings is 1. The summed E-state index contributed by atoms with van der Waals surface area (Å²) in [6.07, 6.45) is 4.82. The van der Waals surface area contributed by atoms with Gasteiger partial charge in [0, 0.05) is 38.6 Å². The number of aliphatic imine (C=N–C) groups is 1. The molecule has 1 aromatic carbocycles. The minimum absolute atomic E-state index is 0.174. The summed E-state index contributed by atoms with van der Waals surface area (Å²) in [4.78, 5) is 4.84. The number of nitrogens with zero attached hydrogens (tertiary/aromatic N) is 4. The van der Waals surface area contributed by atoms with Gasteiger partial charge in [0.15, 0.2) is 5.96 Å². The van der Waals surface area contributed by atoms with Crippen molar-refractivity contribution < 1.29 is 4.74 Å². The minimum atomic E-state index is 0.174. The molecule has 0 saturated carbocycles. The van der Waals surface area contributed by atoms with Crippen LogP contribution in [0.1, 0.15) is 50.2 Å². The van der Waals surface area contributed by atoms with E-state index in [0.717, 1.165) is 63.9 Å². The summed E-state index contributed by atoms with van der Waals surface area (Å²) in [5, 5.41) is 15.2. The number of aromatic nitrogens is 3. The van der Waals surface area contributed by atoms with E-state index < -0.39 is 0 Å². The number of hydrogen-bond acceptors (Lipinski definition) is 4. The van der Waals surface area contributed by atoms with Gasteiger partial charge in [0.05, 0.1) is 12.6 Å². The standard InChI is InChI=1S/C22H34N6O/c1-4-18-6-8-20(9-7-18)17(3)26-22(24-14-19-10-13-29-15-19)23-11-12-28-16-25-27-21(28)5-2/h6-9,16-17,19H,4-5,10-15H2,1-3H3,(H2,23,24,26). The number of nitrogens with one attached hydrogen (secondary N) is 2. The van der Waals surface area contributed by atoms with Crippen LogP contribution in [0.2, 0.25) is 0 Å². The van der Waals surface area contributed by atoms with Gasteiger partial charge in [-0.25, -0.2) is 0 Å². The maximum atomic E-state index is 5.49. The Kier molecular flexibility index (Phi) is 8.04. The molecule has 1 saturated heterocycles. The van der Waals surface area contributed by atoms with Gasteiger partial charge in [0.25, 0.3) is 0 Å². The van der Waals surface area contributed by atoms with Crippen molar-refractivity contribution in [3.05, 3.63) is 47.5 Å². The summed E-state index contributed by atoms with van der Waals surface area (Å²) in [6.45, 7) is 10.5. The second-order valence-corrected chi connectivity index (χ2v) is 7.60. The van der Waals surface area contributed by atoms with Crippen molar-refractivity contribution in [2.75, 3.05) is 26.3 Å². The molecule has 29 heavy (non-hydrogen) atoms. The fourth-order valence-electron chi connectivity index (χ4n) is 3.46. The van der Waals surface area contributed by atoms with E-state index in [1.165, 1.54) is 11.1 Å². The van der Waals surface area contributed by atoms with E-state index in [0.29, 0.717) is 5.92 Å². The SMILES string of the molecule is CCc1ccc(C(C)NC(=NCC2CCOC2)NCCn2cnnc2CC)cc1. The summed E-state index contributed by atoms with van der Waals surface area (Å²) >= 11 is 0. The molecule has 0 amide bonds. The van der Waals surface area contributed by atoms with E-state index in [1.54, 1.807) is 6.33 Å². The van der Waals surface area contributed by atoms with E-state index in [2.05, 4.69) is 70.4 Å². The highest BCUT2D eigenvalue weighted by Gasteiger charge is 2.16. The third-order valence-corrected chi connectivity index (χ3v) is 5.43. The lowest BCUT2D eigenvalue weighted by Crippen LogP contribution is -2.40. The molecular formula is C22H34N6O. The first kappa shape index (κ1) is 21.3. The zero-order chi connectivity index (χ0) is 20.5. The summed E-state index contributed by atoms with van der Waals surface area (Å²) in [6, 6.07) is 8.97. The molecule has 0 bridgehead atoms. The Labute approximate surface area is 174 Å². The molecule has 1 fully saturated rings. The lowest BCUT2D eigenvalue weighted by atomic mass is 10.1. The quantitative estimate of drug-likeness (QED) is 0.502. The third kappa shape index (κ3) is 6.29. The summed E-state index contributed by atoms with van der Waals surface area (Å²) in [5.74, 6) is 2.36. The van der Waals surface area contributed by atoms with Crippen LogP contribution in [-0.2, 0) is 24.1 Å². The number of aryl methyl sites for hydroxylation is 2. The predicted octanol–water partition coefficient (Wildman–Crippen LogP) is 2.74. The normalized spacial score (nSPS) is 18.0. The topological polar surface area (TPSA) is 76.4 Å². The maximum absolute atomic E-state index is 5.49. The Morgan fingerprint density at radius 3 is 2.79 bits per heavy atom. The van der Waals surface area contributed by atoms with Crippen molar-refractivity contribution in [3.8, 4) is 0 Å². The molecular weight excluding hydrogens is 364 g/mol. The Morgan fingerprint density at radius 1 is 1.28 bits per heavy atom. The first-order valence-electron chi connectivity index (χ1n) is 10.8. The van der Waals surface area contributed by atoms with Crippen LogP contribution in [0.15, 0.2) is 35.6 Å². The molecule has 7 heteroatoms. The summed E-state index contributed by atoms with van der Waals surface area (Å²) in [7, 11) is 0. The van der Waals surface area contributed by atoms with Crippen LogP contribution in [0, 0.1) is 5.92 Å². The maximum Gasteiger partial charge on any atom is 0.191 e. The van der Waals surface area contributed by atoms with Gasteiger partial charge in [-0.3, -0.25) is 4.99 Å². The van der Waals surface area contributed by atoms with E-state index in [9.17, 15) is 0 Å². The second-order valence-electron chi connectivity index (χ2n) is 7.60. The highest BCUT2D eigenvalue weighted by molar-refractivity contribution is 5.80. The molecule has 2 N–H and O–H groups in total. The predicted molar refractivity (Wildman–Crippen MR) is 116 cm³/mol. The minimum Gasteiger partial charge on any atom is -0.381 e. The van der Waals surface area contributed by atoms with Crippen LogP contribution in [0.4, 0.5) is 0 Å². The summed E-state index contributed by atoms with van der Waals surface area (Å²) < 4.78 is 7.58. The van der Waals surface area contributed by atoms with Crippen LogP contribution in [0.25, 0.3) is 0 Å². The Morgan fingerprint density at radius 2 is 2.10 bits per heavy atom. The van der Waals surface area contributed by atoms with Gasteiger partial charge >= 0.3 is 0 Å². The monoisotopic (exact) mass is 398 g/mol. The van der Waals surface area contributed by atoms with E-state index >= 15 is 0 Å². The molecule has 2 aromatic rings. The van der Waals surface area contributed by atoms with Gasteiger partial charge in [-0.15, -0.1) is 10.2 Å². The molecule has 1 aromatic heterocycles. The van der Waals surface area contributed by atoms with E-state index in [-0.39, 0.29) is 6.04 Å². The molecule has 1 aliphatic rings. The second kappa shape index (κ2) is 11.0. The Balaban J connectivity index is 1.60. The van der Waals surface area contributed by atoms with Crippen molar-refractivity contribution in [3.63, 3.8) is 0 Å². The average molecular weight is 399 g/mol. The van der Waals surface area contributed by atoms with E-state index in [4.69, 9.17) is 9.73 Å². The lowest BCUT2D eigenvalue weighted by molar-refractivity contribution is 0.187. The van der Waals surface area contributed by atoms with Crippen LogP contribution in [0.5, 0.6) is 0 Å². The zero-order valence-corrected chi connectivity index (χ0v) is 17.9. The van der Waals surface area contributed by atoms with E-state index in [1.807, 2.05) is 0 Å².